The van der Waals surface area contributed by atoms with Crippen LogP contribution in [0.25, 0.3) is 54.6 Å². The van der Waals surface area contributed by atoms with Crippen LogP contribution >= 0.6 is 25.4 Å². The zero-order valence-electron chi connectivity index (χ0n) is 49.0. The molecule has 17 heteroatoms. The summed E-state index contributed by atoms with van der Waals surface area (Å²) in [5.74, 6) is 4.62. The van der Waals surface area contributed by atoms with Crippen molar-refractivity contribution in [3.05, 3.63) is 143 Å². The van der Waals surface area contributed by atoms with Gasteiger partial charge in [0, 0.05) is 44.2 Å². The summed E-state index contributed by atoms with van der Waals surface area (Å²) in [5.41, 5.74) is 4.16. The van der Waals surface area contributed by atoms with E-state index in [0.717, 1.165) is 43.8 Å². The quantitative estimate of drug-likeness (QED) is 0.0894. The van der Waals surface area contributed by atoms with Crippen LogP contribution in [0.3, 0.4) is 0 Å². The van der Waals surface area contributed by atoms with E-state index in [1.807, 2.05) is 84.9 Å². The highest BCUT2D eigenvalue weighted by atomic mass is 31.2. The smallest absolute Gasteiger partial charge is 0.497 e. The molecule has 0 amide bonds. The van der Waals surface area contributed by atoms with Gasteiger partial charge in [0.1, 0.15) is 68.5 Å². The van der Waals surface area contributed by atoms with E-state index in [1.165, 1.54) is 0 Å². The number of carbonyl (C=O) groups excluding carboxylic acids is 1. The Morgan fingerprint density at radius 3 is 1.39 bits per heavy atom. The van der Waals surface area contributed by atoms with Gasteiger partial charge in [-0.05, 0) is 111 Å². The van der Waals surface area contributed by atoms with Gasteiger partial charge in [-0.3, -0.25) is 0 Å². The van der Waals surface area contributed by atoms with Gasteiger partial charge >= 0.3 is 31.4 Å². The van der Waals surface area contributed by atoms with Crippen molar-refractivity contribution in [2.24, 2.45) is 0 Å². The van der Waals surface area contributed by atoms with E-state index in [-0.39, 0.29) is 0 Å². The van der Waals surface area contributed by atoms with Crippen molar-refractivity contribution in [3.8, 4) is 68.6 Å². The Bertz CT molecular complexity index is 3980. The summed E-state index contributed by atoms with van der Waals surface area (Å²) in [7, 11) is -0.205. The molecule has 0 fully saturated rings. The first-order valence-electron chi connectivity index (χ1n) is 26.9. The van der Waals surface area contributed by atoms with Gasteiger partial charge in [-0.25, -0.2) is 4.79 Å². The Morgan fingerprint density at radius 1 is 0.402 bits per heavy atom. The fourth-order valence-electron chi connectivity index (χ4n) is 10.3. The molecule has 0 radical (unpaired) electrons. The Morgan fingerprint density at radius 2 is 0.854 bits per heavy atom. The van der Waals surface area contributed by atoms with E-state index in [0.29, 0.717) is 96.1 Å². The fourth-order valence-corrected chi connectivity index (χ4v) is 13.5. The minimum Gasteiger partial charge on any atom is -0.497 e. The second-order valence-electron chi connectivity index (χ2n) is 24.4. The van der Waals surface area contributed by atoms with Crippen LogP contribution < -0.4 is 46.1 Å². The third-order valence-corrected chi connectivity index (χ3v) is 17.5. The molecule has 0 aliphatic carbocycles. The van der Waals surface area contributed by atoms with Crippen LogP contribution in [-0.4, -0.2) is 34.4 Å². The molecule has 3 heterocycles. The van der Waals surface area contributed by atoms with Crippen LogP contribution in [0, 0.1) is 0 Å². The number of carbonyl (C=O) groups is 1. The molecule has 2 aliphatic heterocycles. The zero-order chi connectivity index (χ0) is 58.4. The first-order valence-corrected chi connectivity index (χ1v) is 30.2. The summed E-state index contributed by atoms with van der Waals surface area (Å²) in [6.07, 6.45) is 0. The van der Waals surface area contributed by atoms with Gasteiger partial charge in [0.05, 0.1) is 39.2 Å². The van der Waals surface area contributed by atoms with Crippen LogP contribution in [0.5, 0.6) is 57.5 Å². The second-order valence-corrected chi connectivity index (χ2v) is 27.4. The lowest BCUT2D eigenvalue weighted by Crippen LogP contribution is -2.16. The maximum absolute atomic E-state index is 13.2. The average molecular weight is 1170 g/mol. The van der Waals surface area contributed by atoms with E-state index in [9.17, 15) is 4.79 Å². The third-order valence-electron chi connectivity index (χ3n) is 14.5. The number of benzene rings is 8. The number of para-hydroxylation sites is 1. The molecule has 82 heavy (non-hydrogen) atoms. The molecular weight excluding hydrogens is 1100 g/mol. The van der Waals surface area contributed by atoms with Crippen LogP contribution in [0.4, 0.5) is 0 Å². The predicted octanol–water partition coefficient (Wildman–Crippen LogP) is 19.3. The number of ether oxygens (including phenoxy) is 4. The molecule has 426 valence electrons. The van der Waals surface area contributed by atoms with Crippen molar-refractivity contribution in [1.82, 2.24) is 0 Å². The highest BCUT2D eigenvalue weighted by molar-refractivity contribution is 7.43. The molecule has 14 nitrogen and oxygen atoms in total. The van der Waals surface area contributed by atoms with Gasteiger partial charge in [0.2, 0.25) is 0 Å². The van der Waals surface area contributed by atoms with E-state index < -0.39 is 53.1 Å². The predicted molar refractivity (Wildman–Crippen MR) is 326 cm³/mol. The molecule has 2 atom stereocenters. The van der Waals surface area contributed by atoms with Crippen LogP contribution in [0.1, 0.15) is 116 Å². The maximum atomic E-state index is 13.2. The zero-order valence-corrected chi connectivity index (χ0v) is 51.7. The number of hydrogen-bond donors (Lipinski definition) is 0. The monoisotopic (exact) mass is 1160 g/mol. The van der Waals surface area contributed by atoms with Crippen molar-refractivity contribution < 1.29 is 63.8 Å². The summed E-state index contributed by atoms with van der Waals surface area (Å²) in [4.78, 5) is 13.2. The van der Waals surface area contributed by atoms with Gasteiger partial charge in [0.25, 0.3) is 0 Å². The van der Waals surface area contributed by atoms with Crippen molar-refractivity contribution in [3.63, 3.8) is 0 Å². The lowest BCUT2D eigenvalue weighted by Gasteiger charge is -2.31. The molecule has 2 aliphatic rings. The molecule has 11 rings (SSSR count). The van der Waals surface area contributed by atoms with Crippen LogP contribution in [0.15, 0.2) is 124 Å². The number of rotatable bonds is 11. The van der Waals surface area contributed by atoms with E-state index in [1.54, 1.807) is 58.8 Å². The molecule has 0 saturated heterocycles. The molecule has 1 aromatic heterocycles. The summed E-state index contributed by atoms with van der Waals surface area (Å²) in [5, 5.41) is 4.56. The van der Waals surface area contributed by atoms with Gasteiger partial charge in [0.15, 0.2) is 5.75 Å². The number of methoxy groups -OCH3 is 4. The molecule has 9 aromatic rings. The molecule has 0 saturated carbocycles. The van der Waals surface area contributed by atoms with Crippen molar-refractivity contribution in [2.75, 3.05) is 28.4 Å². The second kappa shape index (κ2) is 21.0. The number of fused-ring (bicyclic) bond motifs is 6. The summed E-state index contributed by atoms with van der Waals surface area (Å²) in [6, 6.07) is 36.3. The Hall–Kier alpha value is -7.49. The Balaban J connectivity index is 1.12. The summed E-state index contributed by atoms with van der Waals surface area (Å²) >= 11 is 0. The van der Waals surface area contributed by atoms with E-state index in [4.69, 9.17) is 59.0 Å². The normalized spacial score (nSPS) is 15.2. The van der Waals surface area contributed by atoms with Gasteiger partial charge in [-0.15, -0.1) is 0 Å². The van der Waals surface area contributed by atoms with Crippen LogP contribution in [0.2, 0.25) is 0 Å². The molecule has 8 aromatic carbocycles. The van der Waals surface area contributed by atoms with Gasteiger partial charge < -0.3 is 59.0 Å². The topological polar surface area (TPSA) is 145 Å². The van der Waals surface area contributed by atoms with Crippen molar-refractivity contribution in [1.29, 1.82) is 0 Å². The minimum absolute atomic E-state index is 0.322. The SMILES string of the molecule is COc1cc(-c2cc(OC)cc(C(C)(C)C)c2Op2oc3c(C(C)(C)C)cc(OC)cc3c3cc(OC)cc(C(C)(C)C)c3o2)c(OP2Oc3cccc4cc5cccc(OP6OC(=O)c7ccccc7O6)c5c(c34)O2)c(C(C)(C)C)c1. The van der Waals surface area contributed by atoms with Gasteiger partial charge in [-0.1, -0.05) is 119 Å². The Kier molecular flexibility index (Phi) is 14.5. The molecule has 0 spiro atoms. The van der Waals surface area contributed by atoms with E-state index in [2.05, 4.69) is 83.1 Å². The highest BCUT2D eigenvalue weighted by Gasteiger charge is 2.38. The maximum Gasteiger partial charge on any atom is 0.532 e. The average Bonchev–Trinajstić information content (AvgIpc) is 3.75. The van der Waals surface area contributed by atoms with Crippen molar-refractivity contribution in [2.45, 2.75) is 105 Å². The van der Waals surface area contributed by atoms with Gasteiger partial charge in [-0.2, -0.15) is 0 Å². The Labute approximate surface area is 481 Å². The standard InChI is InChI=1S/C65H67O14P3/c1-62(2,3)47-32-38(67-13)28-43(56(47)74-81-73-53-26-20-22-37-27-36-21-19-25-52(54(36)60(78-81)55(37)53)72-80-71-51-24-18-17-23-42(51)61(66)79-80)44-29-39(68-14)33-48(63(4,5)6)57(44)75-82-76-58-45(30-40(69-15)34-49(58)64(7,8)9)46-31-41(70-16)35-50(59(46)77-82)65(10,11)12/h17-35H,1-16H3. The lowest BCUT2D eigenvalue weighted by molar-refractivity contribution is 0.0697. The van der Waals surface area contributed by atoms with E-state index >= 15 is 0 Å². The lowest BCUT2D eigenvalue weighted by atomic mass is 9.81. The summed E-state index contributed by atoms with van der Waals surface area (Å²) in [6.45, 7) is 25.6. The largest absolute Gasteiger partial charge is 0.532 e. The first-order chi connectivity index (χ1) is 38.8. The number of hydrogen-bond acceptors (Lipinski definition) is 14. The summed E-state index contributed by atoms with van der Waals surface area (Å²) < 4.78 is 85.9. The molecule has 0 bridgehead atoms. The van der Waals surface area contributed by atoms with Crippen LogP contribution in [-0.2, 0) is 26.2 Å². The molecule has 2 unspecified atom stereocenters. The first kappa shape index (κ1) is 56.4. The molecule has 0 N–H and O–H groups in total. The fraction of sp³-hybridized carbons (Fsp3) is 0.308. The van der Waals surface area contributed by atoms with Crippen molar-refractivity contribution >= 4 is 74.9 Å². The molecular formula is C65H67O14P3. The third kappa shape index (κ3) is 10.5. The highest BCUT2D eigenvalue weighted by Crippen LogP contribution is 2.61. The minimum atomic E-state index is -2.33.